The van der Waals surface area contributed by atoms with Gasteiger partial charge < -0.3 is 10.1 Å². The quantitative estimate of drug-likeness (QED) is 0.779. The fraction of sp³-hybridized carbons (Fsp3) is 0.417. The number of esters is 1. The first-order valence-electron chi connectivity index (χ1n) is 5.19. The molecule has 0 amide bonds. The molecule has 0 aliphatic heterocycles. The van der Waals surface area contributed by atoms with Crippen LogP contribution in [0.25, 0.3) is 0 Å². The van der Waals surface area contributed by atoms with Gasteiger partial charge >= 0.3 is 5.97 Å². The lowest BCUT2D eigenvalue weighted by molar-refractivity contribution is -0.140. The van der Waals surface area contributed by atoms with Gasteiger partial charge in [0, 0.05) is 12.6 Å². The van der Waals surface area contributed by atoms with Crippen molar-refractivity contribution in [2.75, 3.05) is 13.7 Å². The van der Waals surface area contributed by atoms with Crippen LogP contribution in [0, 0.1) is 5.82 Å². The van der Waals surface area contributed by atoms with Gasteiger partial charge in [0.2, 0.25) is 0 Å². The Balaban J connectivity index is 2.37. The lowest BCUT2D eigenvalue weighted by atomic mass is 10.1. The highest BCUT2D eigenvalue weighted by Gasteiger charge is 2.06. The van der Waals surface area contributed by atoms with Crippen molar-refractivity contribution in [3.05, 3.63) is 35.6 Å². The lowest BCUT2D eigenvalue weighted by Gasteiger charge is -2.13. The Bertz CT molecular complexity index is 337. The zero-order valence-corrected chi connectivity index (χ0v) is 9.50. The predicted octanol–water partition coefficient (Wildman–Crippen LogP) is 2.04. The molecule has 1 aromatic carbocycles. The van der Waals surface area contributed by atoms with E-state index in [9.17, 15) is 9.18 Å². The summed E-state index contributed by atoms with van der Waals surface area (Å²) in [7, 11) is 1.37. The Hall–Kier alpha value is -1.42. The summed E-state index contributed by atoms with van der Waals surface area (Å²) >= 11 is 0. The van der Waals surface area contributed by atoms with Gasteiger partial charge in [0.05, 0.1) is 13.5 Å². The van der Waals surface area contributed by atoms with E-state index in [2.05, 4.69) is 10.1 Å². The summed E-state index contributed by atoms with van der Waals surface area (Å²) in [5.41, 5.74) is 0.992. The second kappa shape index (κ2) is 6.23. The minimum atomic E-state index is -0.245. The van der Waals surface area contributed by atoms with Gasteiger partial charge in [-0.1, -0.05) is 12.1 Å². The molecule has 1 aromatic rings. The number of methoxy groups -OCH3 is 1. The first-order valence-corrected chi connectivity index (χ1v) is 5.19. The van der Waals surface area contributed by atoms with E-state index in [-0.39, 0.29) is 17.8 Å². The molecule has 0 spiro atoms. The molecule has 0 radical (unpaired) electrons. The first kappa shape index (κ1) is 12.6. The van der Waals surface area contributed by atoms with Crippen molar-refractivity contribution in [2.24, 2.45) is 0 Å². The monoisotopic (exact) mass is 225 g/mol. The Kier molecular flexibility index (Phi) is 4.92. The first-order chi connectivity index (χ1) is 7.63. The van der Waals surface area contributed by atoms with Crippen LogP contribution in [0.4, 0.5) is 4.39 Å². The molecule has 0 heterocycles. The van der Waals surface area contributed by atoms with E-state index in [0.29, 0.717) is 13.0 Å². The zero-order chi connectivity index (χ0) is 12.0. The molecular formula is C12H16FNO2. The highest BCUT2D eigenvalue weighted by molar-refractivity contribution is 5.69. The summed E-state index contributed by atoms with van der Waals surface area (Å²) < 4.78 is 17.2. The molecule has 0 saturated heterocycles. The van der Waals surface area contributed by atoms with Crippen LogP contribution in [0.2, 0.25) is 0 Å². The highest BCUT2D eigenvalue weighted by atomic mass is 19.1. The van der Waals surface area contributed by atoms with Crippen LogP contribution in [0.3, 0.4) is 0 Å². The van der Waals surface area contributed by atoms with E-state index < -0.39 is 0 Å². The van der Waals surface area contributed by atoms with Gasteiger partial charge in [-0.3, -0.25) is 4.79 Å². The topological polar surface area (TPSA) is 38.3 Å². The summed E-state index contributed by atoms with van der Waals surface area (Å²) in [6, 6.07) is 6.39. The summed E-state index contributed by atoms with van der Waals surface area (Å²) in [5, 5.41) is 3.16. The fourth-order valence-electron chi connectivity index (χ4n) is 1.36. The number of halogens is 1. The van der Waals surface area contributed by atoms with E-state index in [1.807, 2.05) is 6.92 Å². The van der Waals surface area contributed by atoms with E-state index in [4.69, 9.17) is 0 Å². The lowest BCUT2D eigenvalue weighted by Crippen LogP contribution is -2.22. The fourth-order valence-corrected chi connectivity index (χ4v) is 1.36. The van der Waals surface area contributed by atoms with Crippen LogP contribution in [-0.2, 0) is 9.53 Å². The van der Waals surface area contributed by atoms with Crippen LogP contribution in [0.15, 0.2) is 24.3 Å². The maximum Gasteiger partial charge on any atom is 0.306 e. The van der Waals surface area contributed by atoms with Crippen LogP contribution in [-0.4, -0.2) is 19.6 Å². The molecule has 0 bridgehead atoms. The van der Waals surface area contributed by atoms with E-state index in [0.717, 1.165) is 5.56 Å². The third kappa shape index (κ3) is 3.98. The standard InChI is InChI=1S/C12H16FNO2/c1-9(14-8-7-12(15)16-2)10-3-5-11(13)6-4-10/h3-6,9,14H,7-8H2,1-2H3/t9-/m0/s1. The number of rotatable bonds is 5. The van der Waals surface area contributed by atoms with Crippen molar-refractivity contribution in [1.29, 1.82) is 0 Å². The summed E-state index contributed by atoms with van der Waals surface area (Å²) in [6.07, 6.45) is 0.335. The van der Waals surface area contributed by atoms with Gasteiger partial charge in [-0.05, 0) is 24.6 Å². The van der Waals surface area contributed by atoms with Crippen molar-refractivity contribution in [3.63, 3.8) is 0 Å². The summed E-state index contributed by atoms with van der Waals surface area (Å²) in [5.74, 6) is -0.482. The van der Waals surface area contributed by atoms with Gasteiger partial charge in [-0.2, -0.15) is 0 Å². The van der Waals surface area contributed by atoms with Crippen molar-refractivity contribution in [1.82, 2.24) is 5.32 Å². The van der Waals surface area contributed by atoms with Crippen molar-refractivity contribution in [2.45, 2.75) is 19.4 Å². The number of ether oxygens (including phenoxy) is 1. The molecule has 4 heteroatoms. The molecule has 1 N–H and O–H groups in total. The second-order valence-corrected chi connectivity index (χ2v) is 3.55. The van der Waals surface area contributed by atoms with Gasteiger partial charge in [0.1, 0.15) is 5.82 Å². The van der Waals surface area contributed by atoms with Gasteiger partial charge in [-0.25, -0.2) is 4.39 Å². The molecule has 1 atom stereocenters. The third-order valence-corrected chi connectivity index (χ3v) is 2.38. The van der Waals surface area contributed by atoms with Gasteiger partial charge in [-0.15, -0.1) is 0 Å². The average molecular weight is 225 g/mol. The molecular weight excluding hydrogens is 209 g/mol. The number of carbonyl (C=O) groups excluding carboxylic acids is 1. The summed E-state index contributed by atoms with van der Waals surface area (Å²) in [4.78, 5) is 10.9. The third-order valence-electron chi connectivity index (χ3n) is 2.38. The highest BCUT2D eigenvalue weighted by Crippen LogP contribution is 2.12. The molecule has 1 rings (SSSR count). The molecule has 0 aromatic heterocycles. The minimum Gasteiger partial charge on any atom is -0.469 e. The largest absolute Gasteiger partial charge is 0.469 e. The van der Waals surface area contributed by atoms with Gasteiger partial charge in [0.25, 0.3) is 0 Å². The number of hydrogen-bond donors (Lipinski definition) is 1. The van der Waals surface area contributed by atoms with E-state index in [1.165, 1.54) is 19.2 Å². The molecule has 0 unspecified atom stereocenters. The molecule has 88 valence electrons. The van der Waals surface area contributed by atoms with Crippen LogP contribution < -0.4 is 5.32 Å². The van der Waals surface area contributed by atoms with E-state index in [1.54, 1.807) is 12.1 Å². The minimum absolute atomic E-state index is 0.0882. The number of carbonyl (C=O) groups is 1. The van der Waals surface area contributed by atoms with E-state index >= 15 is 0 Å². The molecule has 0 aliphatic carbocycles. The van der Waals surface area contributed by atoms with Crippen molar-refractivity contribution in [3.8, 4) is 0 Å². The average Bonchev–Trinajstić information content (AvgIpc) is 2.29. The molecule has 0 saturated carbocycles. The Labute approximate surface area is 94.6 Å². The van der Waals surface area contributed by atoms with Crippen LogP contribution >= 0.6 is 0 Å². The molecule has 0 fully saturated rings. The molecule has 3 nitrogen and oxygen atoms in total. The SMILES string of the molecule is COC(=O)CCN[C@@H](C)c1ccc(F)cc1. The zero-order valence-electron chi connectivity index (χ0n) is 9.50. The van der Waals surface area contributed by atoms with Crippen molar-refractivity contribution < 1.29 is 13.9 Å². The summed E-state index contributed by atoms with van der Waals surface area (Å²) in [6.45, 7) is 2.51. The molecule has 0 aliphatic rings. The Morgan fingerprint density at radius 2 is 2.06 bits per heavy atom. The van der Waals surface area contributed by atoms with Crippen LogP contribution in [0.5, 0.6) is 0 Å². The Morgan fingerprint density at radius 1 is 1.44 bits per heavy atom. The van der Waals surface area contributed by atoms with Crippen LogP contribution in [0.1, 0.15) is 24.9 Å². The molecule has 16 heavy (non-hydrogen) atoms. The van der Waals surface area contributed by atoms with Gasteiger partial charge in [0.15, 0.2) is 0 Å². The normalized spacial score (nSPS) is 12.2. The smallest absolute Gasteiger partial charge is 0.306 e. The Morgan fingerprint density at radius 3 is 2.62 bits per heavy atom. The number of nitrogens with one attached hydrogen (secondary N) is 1. The maximum absolute atomic E-state index is 12.7. The van der Waals surface area contributed by atoms with Crippen molar-refractivity contribution >= 4 is 5.97 Å². The second-order valence-electron chi connectivity index (χ2n) is 3.55. The maximum atomic E-state index is 12.7. The number of benzene rings is 1. The number of hydrogen-bond acceptors (Lipinski definition) is 3. The predicted molar refractivity (Wildman–Crippen MR) is 59.5 cm³/mol.